The fraction of sp³-hybridized carbons (Fsp3) is 0.400. The Morgan fingerprint density at radius 2 is 1.92 bits per heavy atom. The van der Waals surface area contributed by atoms with E-state index in [-0.39, 0.29) is 23.8 Å². The molecule has 11 nitrogen and oxygen atoms in total. The third kappa shape index (κ3) is 6.70. The van der Waals surface area contributed by atoms with Crippen molar-refractivity contribution in [3.05, 3.63) is 60.0 Å². The molecule has 4 heterocycles. The highest BCUT2D eigenvalue weighted by molar-refractivity contribution is 6.00. The number of benzene rings is 1. The van der Waals surface area contributed by atoms with Crippen LogP contribution in [0.2, 0.25) is 0 Å². The van der Waals surface area contributed by atoms with Crippen LogP contribution in [0.25, 0.3) is 0 Å². The van der Waals surface area contributed by atoms with E-state index in [2.05, 4.69) is 26.2 Å². The zero-order valence-electron chi connectivity index (χ0n) is 20.7. The van der Waals surface area contributed by atoms with Crippen molar-refractivity contribution in [2.75, 3.05) is 29.2 Å². The first-order valence-electron chi connectivity index (χ1n) is 12.3. The molecule has 2 aliphatic rings. The molecule has 3 amide bonds. The molecule has 206 valence electrons. The van der Waals surface area contributed by atoms with E-state index in [0.29, 0.717) is 31.7 Å². The van der Waals surface area contributed by atoms with Crippen LogP contribution in [0.1, 0.15) is 36.9 Å². The summed E-state index contributed by atoms with van der Waals surface area (Å²) in [6.45, 7) is 1.21. The van der Waals surface area contributed by atoms with Crippen LogP contribution in [-0.4, -0.2) is 47.1 Å². The average molecular weight is 548 g/mol. The minimum atomic E-state index is -4.72. The first kappa shape index (κ1) is 26.6. The van der Waals surface area contributed by atoms with E-state index in [1.807, 2.05) is 6.07 Å². The lowest BCUT2D eigenvalue weighted by atomic mass is 9.90. The molecule has 3 N–H and O–H groups in total. The lowest BCUT2D eigenvalue weighted by molar-refractivity contribution is -0.755. The molecule has 0 saturated carbocycles. The number of amides is 3. The van der Waals surface area contributed by atoms with Crippen LogP contribution in [0.15, 0.2) is 53.3 Å². The Labute approximate surface area is 220 Å². The van der Waals surface area contributed by atoms with Crippen LogP contribution in [-0.2, 0) is 27.0 Å². The predicted molar refractivity (Wildman–Crippen MR) is 130 cm³/mol. The van der Waals surface area contributed by atoms with Crippen molar-refractivity contribution in [3.8, 4) is 0 Å². The summed E-state index contributed by atoms with van der Waals surface area (Å²) < 4.78 is 58.7. The number of rotatable bonds is 6. The maximum Gasteiger partial charge on any atom is 0.416 e. The van der Waals surface area contributed by atoms with Crippen LogP contribution in [0.5, 0.6) is 0 Å². The third-order valence-corrected chi connectivity index (χ3v) is 6.43. The Balaban J connectivity index is 1.25. The standard InChI is InChI=1S/C25H25F3N6O5/c26-25(27,28)16-10-18(30-22(35)20-5-3-6-24(38-20)7-9-37-15-24)12-19(11-16)31-23(36)32-21-14-34(33-39-21)13-17-4-1-2-8-29-17/h1-2,4,8,10-12,14,20H,3,5-7,9,13,15H2,(H2-,30,31,32,33,35,36)/p+1. The first-order chi connectivity index (χ1) is 18.7. The number of anilines is 3. The molecule has 2 saturated heterocycles. The van der Waals surface area contributed by atoms with Gasteiger partial charge in [0.1, 0.15) is 11.8 Å². The number of carbonyl (C=O) groups is 2. The van der Waals surface area contributed by atoms with Gasteiger partial charge in [-0.05, 0) is 54.3 Å². The van der Waals surface area contributed by atoms with Gasteiger partial charge in [0.25, 0.3) is 12.1 Å². The second kappa shape index (κ2) is 11.0. The minimum absolute atomic E-state index is 0.0387. The molecule has 2 atom stereocenters. The van der Waals surface area contributed by atoms with Gasteiger partial charge >= 0.3 is 18.1 Å². The Kier molecular flexibility index (Phi) is 7.48. The number of aromatic nitrogens is 3. The van der Waals surface area contributed by atoms with Gasteiger partial charge in [-0.15, -0.1) is 0 Å². The van der Waals surface area contributed by atoms with Crippen molar-refractivity contribution in [3.63, 3.8) is 0 Å². The highest BCUT2D eigenvalue weighted by atomic mass is 19.4. The van der Waals surface area contributed by atoms with Crippen molar-refractivity contribution in [2.24, 2.45) is 0 Å². The molecule has 2 unspecified atom stereocenters. The monoisotopic (exact) mass is 547 g/mol. The maximum absolute atomic E-state index is 13.6. The molecule has 0 aliphatic carbocycles. The molecule has 0 bridgehead atoms. The molecule has 1 spiro atoms. The van der Waals surface area contributed by atoms with Gasteiger partial charge in [-0.25, -0.2) is 4.79 Å². The van der Waals surface area contributed by atoms with Crippen molar-refractivity contribution in [2.45, 2.75) is 50.1 Å². The SMILES string of the molecule is O=C(Nc1cc(NC(=O)C2CCCC3(CCOC3)O2)cc(C(F)(F)F)c1)Nc1c[n+](Cc2ccccn2)no1. The summed E-state index contributed by atoms with van der Waals surface area (Å²) in [7, 11) is 0. The van der Waals surface area contributed by atoms with Crippen molar-refractivity contribution >= 4 is 29.2 Å². The van der Waals surface area contributed by atoms with Gasteiger partial charge in [0.2, 0.25) is 11.8 Å². The summed E-state index contributed by atoms with van der Waals surface area (Å²) in [5.41, 5.74) is -1.20. The Bertz CT molecular complexity index is 1330. The van der Waals surface area contributed by atoms with Crippen LogP contribution < -0.4 is 20.6 Å². The quantitative estimate of drug-likeness (QED) is 0.401. The van der Waals surface area contributed by atoms with Crippen molar-refractivity contribution in [1.29, 1.82) is 0 Å². The lowest BCUT2D eigenvalue weighted by Crippen LogP contribution is -2.45. The molecule has 39 heavy (non-hydrogen) atoms. The van der Waals surface area contributed by atoms with Gasteiger partial charge in [-0.3, -0.25) is 19.6 Å². The molecular formula is C25H26F3N6O5+. The number of pyridine rings is 1. The summed E-state index contributed by atoms with van der Waals surface area (Å²) in [5.74, 6) is -0.599. The number of nitrogens with zero attached hydrogens (tertiary/aromatic N) is 3. The van der Waals surface area contributed by atoms with E-state index in [0.717, 1.165) is 25.0 Å². The lowest BCUT2D eigenvalue weighted by Gasteiger charge is -2.36. The summed E-state index contributed by atoms with van der Waals surface area (Å²) in [5, 5.41) is 11.0. The van der Waals surface area contributed by atoms with E-state index < -0.39 is 35.4 Å². The average Bonchev–Trinajstić information content (AvgIpc) is 3.53. The van der Waals surface area contributed by atoms with E-state index in [1.165, 1.54) is 16.9 Å². The predicted octanol–water partition coefficient (Wildman–Crippen LogP) is 3.73. The molecule has 14 heteroatoms. The molecule has 2 fully saturated rings. The van der Waals surface area contributed by atoms with Gasteiger partial charge in [-0.1, -0.05) is 6.07 Å². The first-order valence-corrected chi connectivity index (χ1v) is 12.3. The Morgan fingerprint density at radius 1 is 1.10 bits per heavy atom. The topological polar surface area (TPSA) is 131 Å². The third-order valence-electron chi connectivity index (χ3n) is 6.43. The molecule has 2 aliphatic heterocycles. The van der Waals surface area contributed by atoms with Crippen molar-refractivity contribution in [1.82, 2.24) is 10.3 Å². The number of alkyl halides is 3. The highest BCUT2D eigenvalue weighted by Gasteiger charge is 2.43. The Hall–Kier alpha value is -4.04. The van der Waals surface area contributed by atoms with Gasteiger partial charge in [0, 0.05) is 30.6 Å². The normalized spacial score (nSPS) is 21.1. The molecular weight excluding hydrogens is 521 g/mol. The maximum atomic E-state index is 13.6. The van der Waals surface area contributed by atoms with E-state index >= 15 is 0 Å². The fourth-order valence-corrected chi connectivity index (χ4v) is 4.59. The number of ether oxygens (including phenoxy) is 2. The Morgan fingerprint density at radius 3 is 2.64 bits per heavy atom. The largest absolute Gasteiger partial charge is 0.416 e. The van der Waals surface area contributed by atoms with Crippen LogP contribution in [0.3, 0.4) is 0 Å². The number of hydrogen-bond donors (Lipinski definition) is 3. The molecule has 5 rings (SSSR count). The zero-order valence-corrected chi connectivity index (χ0v) is 20.7. The second-order valence-electron chi connectivity index (χ2n) is 9.43. The molecule has 0 radical (unpaired) electrons. The van der Waals surface area contributed by atoms with Crippen LogP contribution >= 0.6 is 0 Å². The summed E-state index contributed by atoms with van der Waals surface area (Å²) in [4.78, 5) is 29.6. The van der Waals surface area contributed by atoms with Crippen LogP contribution in [0.4, 0.5) is 35.2 Å². The van der Waals surface area contributed by atoms with Gasteiger partial charge in [-0.2, -0.15) is 13.2 Å². The minimum Gasteiger partial charge on any atom is -0.378 e. The molecule has 1 aromatic carbocycles. The number of carbonyl (C=O) groups excluding carboxylic acids is 2. The van der Waals surface area contributed by atoms with E-state index in [4.69, 9.17) is 14.0 Å². The second-order valence-corrected chi connectivity index (χ2v) is 9.43. The van der Waals surface area contributed by atoms with Gasteiger partial charge in [0.15, 0.2) is 0 Å². The number of nitrogens with one attached hydrogen (secondary N) is 3. The molecule has 3 aromatic rings. The number of urea groups is 1. The summed E-state index contributed by atoms with van der Waals surface area (Å²) in [6, 6.07) is 7.28. The molecule has 2 aromatic heterocycles. The van der Waals surface area contributed by atoms with Gasteiger partial charge < -0.3 is 20.1 Å². The van der Waals surface area contributed by atoms with Gasteiger partial charge in [0.05, 0.1) is 17.8 Å². The smallest absolute Gasteiger partial charge is 0.378 e. The fourth-order valence-electron chi connectivity index (χ4n) is 4.59. The number of hydrogen-bond acceptors (Lipinski definition) is 7. The van der Waals surface area contributed by atoms with E-state index in [9.17, 15) is 22.8 Å². The van der Waals surface area contributed by atoms with Crippen LogP contribution in [0, 0.1) is 0 Å². The zero-order chi connectivity index (χ0) is 27.5. The summed E-state index contributed by atoms with van der Waals surface area (Å²) >= 11 is 0. The number of halogens is 3. The van der Waals surface area contributed by atoms with Crippen molar-refractivity contribution < 1.29 is 41.4 Å². The highest BCUT2D eigenvalue weighted by Crippen LogP contribution is 2.37. The van der Waals surface area contributed by atoms with E-state index in [1.54, 1.807) is 18.3 Å². The summed E-state index contributed by atoms with van der Waals surface area (Å²) in [6.07, 6.45) is 0.0882.